The quantitative estimate of drug-likeness (QED) is 0.124. The van der Waals surface area contributed by atoms with E-state index in [-0.39, 0.29) is 39.9 Å². The Morgan fingerprint density at radius 3 is 2.41 bits per heavy atom. The topological polar surface area (TPSA) is 173 Å². The summed E-state index contributed by atoms with van der Waals surface area (Å²) in [6, 6.07) is 18.9. The fraction of sp³-hybridized carbons (Fsp3) is 0.179. The van der Waals surface area contributed by atoms with Gasteiger partial charge in [0, 0.05) is 17.8 Å². The zero-order valence-corrected chi connectivity index (χ0v) is 25.0. The van der Waals surface area contributed by atoms with Gasteiger partial charge in [-0.1, -0.05) is 35.9 Å². The summed E-state index contributed by atoms with van der Waals surface area (Å²) in [6.45, 7) is 1.65. The fourth-order valence-electron chi connectivity index (χ4n) is 4.50. The molecule has 16 heteroatoms. The maximum Gasteiger partial charge on any atom is 0.289 e. The third-order valence-corrected chi connectivity index (χ3v) is 8.49. The first-order valence-electron chi connectivity index (χ1n) is 13.1. The molecule has 14 nitrogen and oxygen atoms in total. The zero-order valence-electron chi connectivity index (χ0n) is 23.4. The van der Waals surface area contributed by atoms with Crippen molar-refractivity contribution in [3.05, 3.63) is 106 Å². The molecule has 0 radical (unpaired) electrons. The first-order chi connectivity index (χ1) is 20.9. The SMILES string of the molecule is Cc1ccc(S(=O)(=O)/N=c2\o[n-][n+](C)c2CN2C(=S)N(c3ccccc3)C(=O)C2CC(=O)Nc2ccc([N+](=O)[O-])cc2)cc1. The number of rotatable bonds is 9. The Morgan fingerprint density at radius 2 is 1.77 bits per heavy atom. The molecule has 1 N–H and O–H groups in total. The number of sulfonamides is 1. The highest BCUT2D eigenvalue weighted by Gasteiger charge is 2.45. The van der Waals surface area contributed by atoms with E-state index in [9.17, 15) is 28.1 Å². The van der Waals surface area contributed by atoms with Crippen LogP contribution in [-0.2, 0) is 33.2 Å². The number of carbonyl (C=O) groups is 2. The summed E-state index contributed by atoms with van der Waals surface area (Å²) in [5.74, 6) is -1.04. The average molecular weight is 636 g/mol. The van der Waals surface area contributed by atoms with Crippen LogP contribution in [0.25, 0.3) is 0 Å². The van der Waals surface area contributed by atoms with Gasteiger partial charge >= 0.3 is 0 Å². The van der Waals surface area contributed by atoms with E-state index in [4.69, 9.17) is 16.7 Å². The van der Waals surface area contributed by atoms with E-state index in [0.29, 0.717) is 11.4 Å². The molecule has 1 saturated heterocycles. The third-order valence-electron chi connectivity index (χ3n) is 6.80. The minimum absolute atomic E-state index is 0.0454. The van der Waals surface area contributed by atoms with Crippen molar-refractivity contribution < 1.29 is 32.1 Å². The normalized spacial score (nSPS) is 15.6. The van der Waals surface area contributed by atoms with Crippen LogP contribution >= 0.6 is 12.2 Å². The summed E-state index contributed by atoms with van der Waals surface area (Å²) in [7, 11) is -2.67. The summed E-state index contributed by atoms with van der Waals surface area (Å²) >= 11 is 5.70. The van der Waals surface area contributed by atoms with Gasteiger partial charge in [-0.15, -0.1) is 4.40 Å². The van der Waals surface area contributed by atoms with Crippen molar-refractivity contribution in [2.24, 2.45) is 11.4 Å². The molecule has 2 amide bonds. The largest absolute Gasteiger partial charge is 0.486 e. The number of carbonyl (C=O) groups excluding carboxylic acids is 2. The Kier molecular flexibility index (Phi) is 8.37. The van der Waals surface area contributed by atoms with Gasteiger partial charge in [-0.3, -0.25) is 29.9 Å². The van der Waals surface area contributed by atoms with Crippen LogP contribution in [0.5, 0.6) is 0 Å². The molecule has 44 heavy (non-hydrogen) atoms. The number of anilines is 2. The minimum atomic E-state index is -4.18. The third kappa shape index (κ3) is 6.25. The molecule has 226 valence electrons. The van der Waals surface area contributed by atoms with Crippen LogP contribution in [0.3, 0.4) is 0 Å². The van der Waals surface area contributed by atoms with Crippen molar-refractivity contribution in [3.63, 3.8) is 0 Å². The van der Waals surface area contributed by atoms with Gasteiger partial charge in [-0.25, -0.2) is 4.68 Å². The number of hydrogen-bond donors (Lipinski definition) is 1. The van der Waals surface area contributed by atoms with Gasteiger partial charge in [-0.2, -0.15) is 8.42 Å². The highest BCUT2D eigenvalue weighted by atomic mass is 32.2. The summed E-state index contributed by atoms with van der Waals surface area (Å²) in [6.07, 6.45) is -0.345. The smallest absolute Gasteiger partial charge is 0.289 e. The molecule has 4 aromatic rings. The van der Waals surface area contributed by atoms with E-state index in [1.165, 1.54) is 57.9 Å². The lowest BCUT2D eigenvalue weighted by Crippen LogP contribution is -2.45. The first kappa shape index (κ1) is 30.2. The number of nitrogens with zero attached hydrogens (tertiary/aromatic N) is 6. The predicted molar refractivity (Wildman–Crippen MR) is 159 cm³/mol. The number of benzene rings is 3. The van der Waals surface area contributed by atoms with Gasteiger partial charge in [0.15, 0.2) is 5.11 Å². The number of thiocarbonyl (C=S) groups is 1. The van der Waals surface area contributed by atoms with Gasteiger partial charge in [-0.05, 0) is 55.5 Å². The van der Waals surface area contributed by atoms with Crippen molar-refractivity contribution in [2.75, 3.05) is 10.2 Å². The standard InChI is InChI=1S/C28H25N7O7S2/c1-18-8-14-22(15-9-18)44(40,41)30-26-24(32(2)31-42-26)17-33-23(27(37)34(28(33)43)20-6-4-3-5-7-20)16-25(36)29-19-10-12-21(13-11-19)35(38)39/h3-15,23H,16-17H2,1-2H3,(H,29,36)/b30-26-. The van der Waals surface area contributed by atoms with E-state index in [0.717, 1.165) is 5.56 Å². The van der Waals surface area contributed by atoms with E-state index in [2.05, 4.69) is 15.0 Å². The lowest BCUT2D eigenvalue weighted by atomic mass is 10.1. The summed E-state index contributed by atoms with van der Waals surface area (Å²) in [4.78, 5) is 40.0. The lowest BCUT2D eigenvalue weighted by molar-refractivity contribution is -0.752. The number of nitrogens with one attached hydrogen (secondary N) is 1. The maximum atomic E-state index is 13.8. The summed E-state index contributed by atoms with van der Waals surface area (Å²) < 4.78 is 36.5. The molecule has 1 fully saturated rings. The van der Waals surface area contributed by atoms with Gasteiger partial charge in [0.1, 0.15) is 19.6 Å². The Bertz CT molecular complexity index is 1920. The number of amides is 2. The maximum absolute atomic E-state index is 13.8. The van der Waals surface area contributed by atoms with Crippen molar-refractivity contribution in [3.8, 4) is 0 Å². The number of para-hydroxylation sites is 1. The summed E-state index contributed by atoms with van der Waals surface area (Å²) in [5, 5.41) is 17.5. The fourth-order valence-corrected chi connectivity index (χ4v) is 5.83. The molecular formula is C28H25N7O7S2. The molecule has 5 rings (SSSR count). The molecule has 3 aromatic carbocycles. The van der Waals surface area contributed by atoms with Crippen molar-refractivity contribution in [2.45, 2.75) is 30.8 Å². The number of non-ortho nitro benzene ring substituents is 1. The average Bonchev–Trinajstić information content (AvgIpc) is 3.44. The molecule has 1 atom stereocenters. The first-order valence-corrected chi connectivity index (χ1v) is 14.9. The zero-order chi connectivity index (χ0) is 31.6. The highest BCUT2D eigenvalue weighted by Crippen LogP contribution is 2.28. The Morgan fingerprint density at radius 1 is 1.11 bits per heavy atom. The Balaban J connectivity index is 1.47. The Hall–Kier alpha value is -5.22. The van der Waals surface area contributed by atoms with Gasteiger partial charge in [0.05, 0.1) is 21.9 Å². The number of nitro groups is 1. The van der Waals surface area contributed by atoms with Crippen LogP contribution in [0.15, 0.2) is 92.7 Å². The van der Waals surface area contributed by atoms with Crippen LogP contribution in [0.4, 0.5) is 17.1 Å². The van der Waals surface area contributed by atoms with Crippen LogP contribution in [0, 0.1) is 17.0 Å². The van der Waals surface area contributed by atoms with E-state index < -0.39 is 32.8 Å². The summed E-state index contributed by atoms with van der Waals surface area (Å²) in [5.41, 5.74) is 1.38. The molecule has 1 unspecified atom stereocenters. The number of nitro benzene ring substituents is 1. The monoisotopic (exact) mass is 635 g/mol. The molecule has 1 aromatic heterocycles. The van der Waals surface area contributed by atoms with E-state index in [1.807, 2.05) is 6.92 Å². The van der Waals surface area contributed by atoms with Crippen molar-refractivity contribution >= 4 is 56.2 Å². The van der Waals surface area contributed by atoms with Crippen molar-refractivity contribution in [1.29, 1.82) is 0 Å². The second kappa shape index (κ2) is 12.2. The van der Waals surface area contributed by atoms with Crippen molar-refractivity contribution in [1.82, 2.24) is 10.2 Å². The molecule has 2 heterocycles. The minimum Gasteiger partial charge on any atom is -0.486 e. The number of hydrogen-bond acceptors (Lipinski definition) is 8. The lowest BCUT2D eigenvalue weighted by Gasteiger charge is -2.22. The molecule has 0 bridgehead atoms. The van der Waals surface area contributed by atoms with Gasteiger partial charge < -0.3 is 14.7 Å². The molecule has 0 spiro atoms. The van der Waals surface area contributed by atoms with Gasteiger partial charge in [0.2, 0.25) is 5.91 Å². The molecule has 1 aliphatic rings. The Labute approximate surface area is 256 Å². The van der Waals surface area contributed by atoms with Crippen LogP contribution in [0.1, 0.15) is 17.7 Å². The van der Waals surface area contributed by atoms with Crippen LogP contribution in [-0.4, -0.2) is 41.2 Å². The highest BCUT2D eigenvalue weighted by molar-refractivity contribution is 7.90. The molecular weight excluding hydrogens is 610 g/mol. The second-order valence-electron chi connectivity index (χ2n) is 9.82. The van der Waals surface area contributed by atoms with E-state index >= 15 is 0 Å². The predicted octanol–water partition coefficient (Wildman–Crippen LogP) is 2.10. The number of aryl methyl sites for hydroxylation is 2. The van der Waals surface area contributed by atoms with Crippen LogP contribution in [0.2, 0.25) is 0 Å². The second-order valence-corrected chi connectivity index (χ2v) is 11.8. The molecule has 0 saturated carbocycles. The molecule has 0 aliphatic carbocycles. The van der Waals surface area contributed by atoms with E-state index in [1.54, 1.807) is 42.5 Å². The molecule has 1 aliphatic heterocycles. The van der Waals surface area contributed by atoms with Gasteiger partial charge in [0.25, 0.3) is 32.9 Å². The number of aromatic nitrogens is 2. The van der Waals surface area contributed by atoms with Crippen LogP contribution < -0.4 is 25.7 Å².